The van der Waals surface area contributed by atoms with E-state index in [4.69, 9.17) is 24.5 Å². The smallest absolute Gasteiger partial charge is 0.225 e. The molecule has 0 unspecified atom stereocenters. The first-order valence-corrected chi connectivity index (χ1v) is 17.5. The zero-order valence-electron chi connectivity index (χ0n) is 26.7. The number of ether oxygens (including phenoxy) is 2. The first kappa shape index (κ1) is 30.7. The van der Waals surface area contributed by atoms with Crippen LogP contribution in [0.25, 0.3) is 10.9 Å². The van der Waals surface area contributed by atoms with Gasteiger partial charge >= 0.3 is 0 Å². The molecule has 8 nitrogen and oxygen atoms in total. The van der Waals surface area contributed by atoms with Gasteiger partial charge in [-0.15, -0.1) is 10.2 Å². The molecule has 1 aliphatic carbocycles. The number of nitrogens with zero attached hydrogens (tertiary/aromatic N) is 6. The molecule has 242 valence electrons. The Morgan fingerprint density at radius 1 is 0.771 bits per heavy atom. The summed E-state index contributed by atoms with van der Waals surface area (Å²) < 4.78 is 15.6. The molecule has 4 heterocycles. The number of pyridine rings is 2. The van der Waals surface area contributed by atoms with Crippen LogP contribution in [-0.4, -0.2) is 57.1 Å². The molecule has 1 aliphatic heterocycles. The maximum Gasteiger partial charge on any atom is 0.225 e. The van der Waals surface area contributed by atoms with Crippen molar-refractivity contribution in [3.63, 3.8) is 0 Å². The van der Waals surface area contributed by atoms with E-state index >= 15 is 0 Å². The highest BCUT2D eigenvalue weighted by Gasteiger charge is 2.41. The van der Waals surface area contributed by atoms with Gasteiger partial charge in [-0.2, -0.15) is 4.98 Å². The minimum absolute atomic E-state index is 0.0365. The Morgan fingerprint density at radius 3 is 1.98 bits per heavy atom. The first-order valence-electron chi connectivity index (χ1n) is 16.7. The number of hydrogen-bond acceptors (Lipinski definition) is 7. The molecule has 0 atom stereocenters. The van der Waals surface area contributed by atoms with Gasteiger partial charge in [0.1, 0.15) is 29.6 Å². The summed E-state index contributed by atoms with van der Waals surface area (Å²) in [5, 5.41) is 10.3. The number of halogens is 1. The van der Waals surface area contributed by atoms with Crippen molar-refractivity contribution in [2.75, 3.05) is 31.2 Å². The highest BCUT2D eigenvalue weighted by atomic mass is 79.9. The van der Waals surface area contributed by atoms with Crippen molar-refractivity contribution in [3.8, 4) is 5.88 Å². The van der Waals surface area contributed by atoms with Gasteiger partial charge in [0.15, 0.2) is 0 Å². The normalized spacial score (nSPS) is 18.6. The standard InChI is InChI=1S/C39H37BrN6O2/c40-32-24-34-35(41-26-32)25-36(45-20-22-47-23-21-45)43-38(34)48-33-18-16-28(17-19-33)37-44-42-27-46(37)39(29-10-4-1-5-11-29,30-12-6-2-7-13-30)31-14-8-3-9-15-31/h1-15,24-28,33H,16-23H2. The molecule has 0 radical (unpaired) electrons. The van der Waals surface area contributed by atoms with Crippen LogP contribution < -0.4 is 9.64 Å². The summed E-state index contributed by atoms with van der Waals surface area (Å²) in [6.45, 7) is 2.99. The fraction of sp³-hybridized carbons (Fsp3) is 0.282. The van der Waals surface area contributed by atoms with Gasteiger partial charge in [0.2, 0.25) is 5.88 Å². The van der Waals surface area contributed by atoms with Crippen molar-refractivity contribution >= 4 is 32.7 Å². The van der Waals surface area contributed by atoms with Crippen LogP contribution in [0.15, 0.2) is 120 Å². The van der Waals surface area contributed by atoms with Crippen molar-refractivity contribution in [2.45, 2.75) is 43.2 Å². The Bertz CT molecular complexity index is 1880. The van der Waals surface area contributed by atoms with Crippen LogP contribution in [-0.2, 0) is 10.3 Å². The van der Waals surface area contributed by atoms with Gasteiger partial charge in [-0.1, -0.05) is 91.0 Å². The molecular formula is C39H37BrN6O2. The number of rotatable bonds is 8. The van der Waals surface area contributed by atoms with Crippen molar-refractivity contribution in [2.24, 2.45) is 0 Å². The Labute approximate surface area is 288 Å². The van der Waals surface area contributed by atoms with E-state index in [1.165, 1.54) is 16.7 Å². The monoisotopic (exact) mass is 700 g/mol. The van der Waals surface area contributed by atoms with Crippen molar-refractivity contribution in [1.82, 2.24) is 24.7 Å². The predicted molar refractivity (Wildman–Crippen MR) is 191 cm³/mol. The largest absolute Gasteiger partial charge is 0.474 e. The minimum atomic E-state index is -0.640. The van der Waals surface area contributed by atoms with Crippen LogP contribution in [0.1, 0.15) is 54.1 Å². The fourth-order valence-corrected chi connectivity index (χ4v) is 7.76. The number of benzene rings is 3. The zero-order valence-corrected chi connectivity index (χ0v) is 28.2. The van der Waals surface area contributed by atoms with Crippen molar-refractivity contribution < 1.29 is 9.47 Å². The second-order valence-electron chi connectivity index (χ2n) is 12.6. The summed E-state index contributed by atoms with van der Waals surface area (Å²) in [7, 11) is 0. The Balaban J connectivity index is 1.11. The third-order valence-electron chi connectivity index (χ3n) is 9.76. The molecule has 0 bridgehead atoms. The lowest BCUT2D eigenvalue weighted by Gasteiger charge is -2.39. The summed E-state index contributed by atoms with van der Waals surface area (Å²) in [5.74, 6) is 2.75. The Morgan fingerprint density at radius 2 is 1.38 bits per heavy atom. The predicted octanol–water partition coefficient (Wildman–Crippen LogP) is 7.77. The van der Waals surface area contributed by atoms with E-state index in [9.17, 15) is 0 Å². The molecule has 8 rings (SSSR count). The molecule has 6 aromatic rings. The maximum atomic E-state index is 6.75. The van der Waals surface area contributed by atoms with Crippen LogP contribution in [0.5, 0.6) is 5.88 Å². The van der Waals surface area contributed by atoms with Crippen LogP contribution in [0.3, 0.4) is 0 Å². The number of morpholine rings is 1. The third-order valence-corrected chi connectivity index (χ3v) is 10.2. The van der Waals surface area contributed by atoms with E-state index in [0.717, 1.165) is 65.8 Å². The Kier molecular flexibility index (Phi) is 8.63. The number of aromatic nitrogens is 5. The molecule has 0 amide bonds. The lowest BCUT2D eigenvalue weighted by atomic mass is 9.76. The number of fused-ring (bicyclic) bond motifs is 1. The molecule has 2 fully saturated rings. The quantitative estimate of drug-likeness (QED) is 0.150. The summed E-state index contributed by atoms with van der Waals surface area (Å²) in [4.78, 5) is 12.0. The fourth-order valence-electron chi connectivity index (χ4n) is 7.43. The maximum absolute atomic E-state index is 6.75. The molecule has 9 heteroatoms. The topological polar surface area (TPSA) is 78.2 Å². The van der Waals surface area contributed by atoms with Gasteiger partial charge < -0.3 is 14.4 Å². The van der Waals surface area contributed by atoms with Crippen LogP contribution in [0.2, 0.25) is 0 Å². The number of anilines is 1. The zero-order chi connectivity index (χ0) is 32.3. The lowest BCUT2D eigenvalue weighted by Crippen LogP contribution is -2.39. The first-order chi connectivity index (χ1) is 23.7. The molecular weight excluding hydrogens is 664 g/mol. The van der Waals surface area contributed by atoms with E-state index in [1.807, 2.05) is 12.5 Å². The van der Waals surface area contributed by atoms with Crippen molar-refractivity contribution in [1.29, 1.82) is 0 Å². The van der Waals surface area contributed by atoms with E-state index in [2.05, 4.69) is 134 Å². The molecule has 1 saturated carbocycles. The highest BCUT2D eigenvalue weighted by molar-refractivity contribution is 9.10. The molecule has 48 heavy (non-hydrogen) atoms. The second kappa shape index (κ2) is 13.5. The van der Waals surface area contributed by atoms with Crippen LogP contribution in [0, 0.1) is 0 Å². The van der Waals surface area contributed by atoms with E-state index < -0.39 is 5.54 Å². The molecule has 3 aromatic heterocycles. The SMILES string of the molecule is Brc1cnc2cc(N3CCOCC3)nc(OC3CCC(c4nncn4C(c4ccccc4)(c4ccccc4)c4ccccc4)CC3)c2c1. The van der Waals surface area contributed by atoms with Gasteiger partial charge in [-0.05, 0) is 64.4 Å². The van der Waals surface area contributed by atoms with E-state index in [1.54, 1.807) is 0 Å². The number of hydrogen-bond donors (Lipinski definition) is 0. The summed E-state index contributed by atoms with van der Waals surface area (Å²) in [6.07, 6.45) is 7.42. The second-order valence-corrected chi connectivity index (χ2v) is 13.5. The Hall–Kier alpha value is -4.60. The van der Waals surface area contributed by atoms with E-state index in [-0.39, 0.29) is 12.0 Å². The molecule has 2 aliphatic rings. The van der Waals surface area contributed by atoms with Gasteiger partial charge in [0.25, 0.3) is 0 Å². The van der Waals surface area contributed by atoms with Gasteiger partial charge in [-0.3, -0.25) is 9.55 Å². The van der Waals surface area contributed by atoms with Gasteiger partial charge in [0, 0.05) is 35.7 Å². The molecule has 0 spiro atoms. The van der Waals surface area contributed by atoms with Crippen molar-refractivity contribution in [3.05, 3.63) is 143 Å². The molecule has 1 saturated heterocycles. The molecule has 3 aromatic carbocycles. The minimum Gasteiger partial charge on any atom is -0.474 e. The van der Waals surface area contributed by atoms with Gasteiger partial charge in [-0.25, -0.2) is 0 Å². The summed E-state index contributed by atoms with van der Waals surface area (Å²) in [5.41, 5.74) is 3.74. The third kappa shape index (κ3) is 5.75. The average molecular weight is 702 g/mol. The van der Waals surface area contributed by atoms with Crippen LogP contribution >= 0.6 is 15.9 Å². The summed E-state index contributed by atoms with van der Waals surface area (Å²) in [6, 6.07) is 36.3. The van der Waals surface area contributed by atoms with Crippen LogP contribution in [0.4, 0.5) is 5.82 Å². The molecule has 0 N–H and O–H groups in total. The summed E-state index contributed by atoms with van der Waals surface area (Å²) >= 11 is 3.60. The van der Waals surface area contributed by atoms with E-state index in [0.29, 0.717) is 19.1 Å². The van der Waals surface area contributed by atoms with Gasteiger partial charge in [0.05, 0.1) is 24.1 Å². The lowest BCUT2D eigenvalue weighted by molar-refractivity contribution is 0.121. The average Bonchev–Trinajstić information content (AvgIpc) is 3.64. The highest BCUT2D eigenvalue weighted by Crippen LogP contribution is 2.44.